The molecule has 0 bridgehead atoms. The van der Waals surface area contributed by atoms with Crippen molar-refractivity contribution in [3.05, 3.63) is 60.2 Å². The van der Waals surface area contributed by atoms with Crippen molar-refractivity contribution in [2.45, 2.75) is 10.3 Å². The SMILES string of the molecule is O=C1CSC(c2cccc(NS(=O)(=O)c3ccccc3)c2)N1. The number of hydrogen-bond acceptors (Lipinski definition) is 4. The van der Waals surface area contributed by atoms with Crippen LogP contribution in [0.5, 0.6) is 0 Å². The molecular weight excluding hydrogens is 320 g/mol. The fraction of sp³-hybridized carbons (Fsp3) is 0.133. The topological polar surface area (TPSA) is 75.3 Å². The first-order valence-corrected chi connectivity index (χ1v) is 9.16. The molecule has 114 valence electrons. The number of carbonyl (C=O) groups is 1. The lowest BCUT2D eigenvalue weighted by Gasteiger charge is -2.13. The minimum Gasteiger partial charge on any atom is -0.339 e. The van der Waals surface area contributed by atoms with Gasteiger partial charge in [-0.25, -0.2) is 8.42 Å². The van der Waals surface area contributed by atoms with Crippen molar-refractivity contribution in [3.63, 3.8) is 0 Å². The first-order valence-electron chi connectivity index (χ1n) is 6.63. The van der Waals surface area contributed by atoms with E-state index >= 15 is 0 Å². The Morgan fingerprint density at radius 2 is 1.86 bits per heavy atom. The molecule has 0 spiro atoms. The summed E-state index contributed by atoms with van der Waals surface area (Å²) in [7, 11) is -3.61. The maximum absolute atomic E-state index is 12.3. The van der Waals surface area contributed by atoms with Crippen LogP contribution in [0.15, 0.2) is 59.5 Å². The van der Waals surface area contributed by atoms with E-state index in [0.717, 1.165) is 5.56 Å². The molecule has 0 saturated carbocycles. The molecule has 5 nitrogen and oxygen atoms in total. The minimum absolute atomic E-state index is 0.00901. The van der Waals surface area contributed by atoms with Crippen molar-refractivity contribution in [2.75, 3.05) is 10.5 Å². The first kappa shape index (κ1) is 14.9. The molecule has 1 atom stereocenters. The number of rotatable bonds is 4. The quantitative estimate of drug-likeness (QED) is 0.900. The highest BCUT2D eigenvalue weighted by Crippen LogP contribution is 2.32. The van der Waals surface area contributed by atoms with E-state index in [-0.39, 0.29) is 16.2 Å². The van der Waals surface area contributed by atoms with Gasteiger partial charge in [-0.05, 0) is 29.8 Å². The van der Waals surface area contributed by atoms with E-state index in [4.69, 9.17) is 0 Å². The van der Waals surface area contributed by atoms with Gasteiger partial charge < -0.3 is 5.32 Å². The third-order valence-corrected chi connectivity index (χ3v) is 5.72. The van der Waals surface area contributed by atoms with Gasteiger partial charge in [0.2, 0.25) is 5.91 Å². The summed E-state index contributed by atoms with van der Waals surface area (Å²) in [5, 5.41) is 2.71. The molecule has 1 aliphatic rings. The summed E-state index contributed by atoms with van der Waals surface area (Å²) in [4.78, 5) is 11.5. The van der Waals surface area contributed by atoms with Crippen molar-refractivity contribution in [3.8, 4) is 0 Å². The Morgan fingerprint density at radius 3 is 2.55 bits per heavy atom. The number of amides is 1. The van der Waals surface area contributed by atoms with Gasteiger partial charge in [0.1, 0.15) is 5.37 Å². The number of carbonyl (C=O) groups excluding carboxylic acids is 1. The van der Waals surface area contributed by atoms with Crippen LogP contribution >= 0.6 is 11.8 Å². The molecule has 2 aromatic rings. The Hall–Kier alpha value is -1.99. The molecule has 2 aromatic carbocycles. The second-order valence-electron chi connectivity index (χ2n) is 4.80. The molecule has 7 heteroatoms. The van der Waals surface area contributed by atoms with Gasteiger partial charge in [0.15, 0.2) is 0 Å². The average molecular weight is 334 g/mol. The van der Waals surface area contributed by atoms with E-state index in [0.29, 0.717) is 11.4 Å². The van der Waals surface area contributed by atoms with Gasteiger partial charge in [-0.3, -0.25) is 9.52 Å². The Kier molecular flexibility index (Phi) is 4.08. The lowest BCUT2D eigenvalue weighted by molar-refractivity contribution is -0.118. The second-order valence-corrected chi connectivity index (χ2v) is 7.58. The molecule has 1 heterocycles. The van der Waals surface area contributed by atoms with Crippen LogP contribution in [0, 0.1) is 0 Å². The molecule has 22 heavy (non-hydrogen) atoms. The van der Waals surface area contributed by atoms with Crippen LogP contribution < -0.4 is 10.0 Å². The van der Waals surface area contributed by atoms with Crippen molar-refractivity contribution < 1.29 is 13.2 Å². The molecule has 1 fully saturated rings. The normalized spacial score (nSPS) is 18.0. The molecular formula is C15H14N2O3S2. The molecule has 2 N–H and O–H groups in total. The van der Waals surface area contributed by atoms with Gasteiger partial charge in [-0.15, -0.1) is 11.8 Å². The van der Waals surface area contributed by atoms with Crippen LogP contribution in [0.1, 0.15) is 10.9 Å². The summed E-state index contributed by atoms with van der Waals surface area (Å²) < 4.78 is 27.2. The highest BCUT2D eigenvalue weighted by atomic mass is 32.2. The third kappa shape index (κ3) is 3.26. The van der Waals surface area contributed by atoms with Gasteiger partial charge >= 0.3 is 0 Å². The number of thioether (sulfide) groups is 1. The number of nitrogens with one attached hydrogen (secondary N) is 2. The minimum atomic E-state index is -3.61. The predicted molar refractivity (Wildman–Crippen MR) is 87.0 cm³/mol. The Balaban J connectivity index is 1.83. The van der Waals surface area contributed by atoms with Crippen LogP contribution in [0.3, 0.4) is 0 Å². The van der Waals surface area contributed by atoms with Crippen molar-refractivity contribution >= 4 is 33.4 Å². The standard InChI is InChI=1S/C15H14N2O3S2/c18-14-10-21-15(16-14)11-5-4-6-12(9-11)17-22(19,20)13-7-2-1-3-8-13/h1-9,15,17H,10H2,(H,16,18). The zero-order valence-electron chi connectivity index (χ0n) is 11.5. The molecule has 1 aliphatic heterocycles. The maximum atomic E-state index is 12.3. The predicted octanol–water partition coefficient (Wildman–Crippen LogP) is 2.35. The van der Waals surface area contributed by atoms with E-state index in [1.165, 1.54) is 11.8 Å². The highest BCUT2D eigenvalue weighted by Gasteiger charge is 2.23. The molecule has 1 amide bonds. The summed E-state index contributed by atoms with van der Waals surface area (Å²) >= 11 is 1.49. The highest BCUT2D eigenvalue weighted by molar-refractivity contribution is 8.00. The van der Waals surface area contributed by atoms with E-state index in [1.807, 2.05) is 6.07 Å². The number of benzene rings is 2. The Morgan fingerprint density at radius 1 is 1.09 bits per heavy atom. The van der Waals surface area contributed by atoms with E-state index in [1.54, 1.807) is 48.5 Å². The van der Waals surface area contributed by atoms with Crippen LogP contribution in [0.2, 0.25) is 0 Å². The summed E-state index contributed by atoms with van der Waals surface area (Å²) in [5.41, 5.74) is 1.34. The molecule has 0 aliphatic carbocycles. The maximum Gasteiger partial charge on any atom is 0.261 e. The van der Waals surface area contributed by atoms with Crippen molar-refractivity contribution in [1.29, 1.82) is 0 Å². The summed E-state index contributed by atoms with van der Waals surface area (Å²) in [6.07, 6.45) is 0. The fourth-order valence-corrected chi connectivity index (χ4v) is 4.17. The number of sulfonamides is 1. The second kappa shape index (κ2) is 6.02. The van der Waals surface area contributed by atoms with Crippen molar-refractivity contribution in [2.24, 2.45) is 0 Å². The van der Waals surface area contributed by atoms with Crippen molar-refractivity contribution in [1.82, 2.24) is 5.32 Å². The Bertz CT molecular complexity index is 791. The van der Waals surface area contributed by atoms with Crippen LogP contribution in [-0.2, 0) is 14.8 Å². The zero-order chi connectivity index (χ0) is 15.6. The fourth-order valence-electron chi connectivity index (χ4n) is 2.15. The van der Waals surface area contributed by atoms with Gasteiger partial charge in [0, 0.05) is 5.69 Å². The molecule has 0 radical (unpaired) electrons. The molecule has 3 rings (SSSR count). The molecule has 1 saturated heterocycles. The lowest BCUT2D eigenvalue weighted by atomic mass is 10.2. The number of hydrogen-bond donors (Lipinski definition) is 2. The Labute approximate surface area is 133 Å². The average Bonchev–Trinajstić information content (AvgIpc) is 2.95. The smallest absolute Gasteiger partial charge is 0.261 e. The van der Waals surface area contributed by atoms with E-state index < -0.39 is 10.0 Å². The van der Waals surface area contributed by atoms with E-state index in [9.17, 15) is 13.2 Å². The zero-order valence-corrected chi connectivity index (χ0v) is 13.2. The van der Waals surface area contributed by atoms with Gasteiger partial charge in [0.25, 0.3) is 10.0 Å². The monoisotopic (exact) mass is 334 g/mol. The third-order valence-electron chi connectivity index (χ3n) is 3.17. The van der Waals surface area contributed by atoms with Gasteiger partial charge in [-0.1, -0.05) is 30.3 Å². The van der Waals surface area contributed by atoms with Gasteiger partial charge in [0.05, 0.1) is 10.6 Å². The number of anilines is 1. The molecule has 1 unspecified atom stereocenters. The largest absolute Gasteiger partial charge is 0.339 e. The summed E-state index contributed by atoms with van der Waals surface area (Å²) in [5.74, 6) is 0.412. The summed E-state index contributed by atoms with van der Waals surface area (Å²) in [6.45, 7) is 0. The van der Waals surface area contributed by atoms with Crippen LogP contribution in [0.25, 0.3) is 0 Å². The van der Waals surface area contributed by atoms with E-state index in [2.05, 4.69) is 10.0 Å². The first-order chi connectivity index (χ1) is 10.5. The lowest BCUT2D eigenvalue weighted by Crippen LogP contribution is -2.19. The van der Waals surface area contributed by atoms with Crippen LogP contribution in [-0.4, -0.2) is 20.1 Å². The molecule has 0 aromatic heterocycles. The van der Waals surface area contributed by atoms with Gasteiger partial charge in [-0.2, -0.15) is 0 Å². The summed E-state index contributed by atoms with van der Waals surface area (Å²) in [6, 6.07) is 15.3. The van der Waals surface area contributed by atoms with Crippen LogP contribution in [0.4, 0.5) is 5.69 Å².